The van der Waals surface area contributed by atoms with Crippen LogP contribution in [0, 0.1) is 0 Å². The number of aromatic nitrogens is 2. The maximum absolute atomic E-state index is 12.9. The molecule has 0 unspecified atom stereocenters. The Hall–Kier alpha value is -3.67. The summed E-state index contributed by atoms with van der Waals surface area (Å²) in [6.45, 7) is 4.33. The average Bonchev–Trinajstić information content (AvgIpc) is 2.82. The van der Waals surface area contributed by atoms with Crippen molar-refractivity contribution in [3.8, 4) is 17.5 Å². The van der Waals surface area contributed by atoms with Gasteiger partial charge in [0.05, 0.1) is 17.7 Å². The Morgan fingerprint density at radius 3 is 2.47 bits per heavy atom. The molecular weight excluding hydrogens is 484 g/mol. The number of benzene rings is 1. The monoisotopic (exact) mass is 510 g/mol. The van der Waals surface area contributed by atoms with E-state index >= 15 is 0 Å². The Labute approximate surface area is 212 Å². The summed E-state index contributed by atoms with van der Waals surface area (Å²) in [6, 6.07) is 13.4. The Balaban J connectivity index is 1.52. The highest BCUT2D eigenvalue weighted by molar-refractivity contribution is 7.97. The van der Waals surface area contributed by atoms with E-state index in [1.165, 1.54) is 36.9 Å². The van der Waals surface area contributed by atoms with Gasteiger partial charge in [0, 0.05) is 43.4 Å². The number of pyridine rings is 2. The molecule has 2 N–H and O–H groups in total. The lowest BCUT2D eigenvalue weighted by Crippen LogP contribution is -2.30. The topological polar surface area (TPSA) is 123 Å². The summed E-state index contributed by atoms with van der Waals surface area (Å²) in [5.41, 5.74) is 0.249. The van der Waals surface area contributed by atoms with Gasteiger partial charge >= 0.3 is 5.97 Å². The molecule has 0 radical (unpaired) electrons. The number of hydrogen-bond donors (Lipinski definition) is 2. The third-order valence-corrected chi connectivity index (χ3v) is 6.22. The minimum Gasteiger partial charge on any atom is -0.478 e. The number of carboxylic acid groups (broad SMARTS) is 1. The second kappa shape index (κ2) is 11.8. The second-order valence-corrected chi connectivity index (χ2v) is 9.23. The van der Waals surface area contributed by atoms with Gasteiger partial charge in [-0.2, -0.15) is 4.98 Å². The first kappa shape index (κ1) is 25.4. The van der Waals surface area contributed by atoms with Crippen molar-refractivity contribution in [1.82, 2.24) is 14.3 Å². The van der Waals surface area contributed by atoms with Gasteiger partial charge in [0.2, 0.25) is 11.8 Å². The quantitative estimate of drug-likeness (QED) is 0.360. The molecule has 1 aliphatic rings. The number of carbonyl (C=O) groups excluding carboxylic acids is 1. The van der Waals surface area contributed by atoms with Gasteiger partial charge in [0.15, 0.2) is 0 Å². The van der Waals surface area contributed by atoms with Crippen LogP contribution in [-0.2, 0) is 4.74 Å². The SMILES string of the molecule is COC[C@@H](C)Oc1cc(C(=O)Nc2ccc(C(=O)O)cn2)cc(Oc2ccc(SN3CCC3)cc2)n1. The number of anilines is 1. The largest absolute Gasteiger partial charge is 0.478 e. The zero-order valence-electron chi connectivity index (χ0n) is 19.8. The third-order valence-electron chi connectivity index (χ3n) is 5.11. The fraction of sp³-hybridized carbons (Fsp3) is 0.280. The lowest BCUT2D eigenvalue weighted by atomic mass is 10.2. The zero-order valence-corrected chi connectivity index (χ0v) is 20.7. The molecular formula is C25H26N4O6S. The zero-order chi connectivity index (χ0) is 25.5. The predicted octanol–water partition coefficient (Wildman–Crippen LogP) is 4.35. The van der Waals surface area contributed by atoms with Crippen LogP contribution in [0.15, 0.2) is 59.6 Å². The van der Waals surface area contributed by atoms with Crippen LogP contribution in [0.3, 0.4) is 0 Å². The highest BCUT2D eigenvalue weighted by Crippen LogP contribution is 2.30. The molecule has 0 bridgehead atoms. The molecule has 188 valence electrons. The molecule has 0 saturated carbocycles. The second-order valence-electron chi connectivity index (χ2n) is 8.05. The predicted molar refractivity (Wildman–Crippen MR) is 134 cm³/mol. The van der Waals surface area contributed by atoms with E-state index in [0.29, 0.717) is 12.4 Å². The molecule has 0 spiro atoms. The van der Waals surface area contributed by atoms with Crippen molar-refractivity contribution < 1.29 is 28.9 Å². The van der Waals surface area contributed by atoms with E-state index in [9.17, 15) is 9.59 Å². The van der Waals surface area contributed by atoms with E-state index in [1.54, 1.807) is 19.1 Å². The molecule has 0 aliphatic carbocycles. The fourth-order valence-corrected chi connectivity index (χ4v) is 4.20. The van der Waals surface area contributed by atoms with Crippen LogP contribution in [0.4, 0.5) is 5.82 Å². The van der Waals surface area contributed by atoms with Crippen LogP contribution in [0.5, 0.6) is 17.5 Å². The van der Waals surface area contributed by atoms with Crippen molar-refractivity contribution in [2.45, 2.75) is 24.3 Å². The molecule has 3 heterocycles. The van der Waals surface area contributed by atoms with Gasteiger partial charge in [0.1, 0.15) is 17.7 Å². The molecule has 11 heteroatoms. The highest BCUT2D eigenvalue weighted by Gasteiger charge is 2.17. The summed E-state index contributed by atoms with van der Waals surface area (Å²) < 4.78 is 19.2. The summed E-state index contributed by atoms with van der Waals surface area (Å²) in [6.07, 6.45) is 2.09. The highest BCUT2D eigenvalue weighted by atomic mass is 32.2. The van der Waals surface area contributed by atoms with E-state index in [1.807, 2.05) is 31.2 Å². The Bertz CT molecular complexity index is 1200. The van der Waals surface area contributed by atoms with E-state index in [0.717, 1.165) is 18.0 Å². The van der Waals surface area contributed by atoms with Crippen LogP contribution in [0.25, 0.3) is 0 Å². The maximum Gasteiger partial charge on any atom is 0.337 e. The van der Waals surface area contributed by atoms with E-state index in [4.69, 9.17) is 19.3 Å². The van der Waals surface area contributed by atoms with Crippen LogP contribution < -0.4 is 14.8 Å². The smallest absolute Gasteiger partial charge is 0.337 e. The number of hydrogen-bond acceptors (Lipinski definition) is 9. The van der Waals surface area contributed by atoms with Crippen molar-refractivity contribution in [1.29, 1.82) is 0 Å². The number of methoxy groups -OCH3 is 1. The van der Waals surface area contributed by atoms with Crippen molar-refractivity contribution in [2.75, 3.05) is 32.1 Å². The van der Waals surface area contributed by atoms with Crippen LogP contribution in [-0.4, -0.2) is 64.2 Å². The van der Waals surface area contributed by atoms with Crippen molar-refractivity contribution in [3.63, 3.8) is 0 Å². The van der Waals surface area contributed by atoms with Gasteiger partial charge in [-0.3, -0.25) is 4.79 Å². The number of ether oxygens (including phenoxy) is 3. The number of carboxylic acids is 1. The molecule has 4 rings (SSSR count). The normalized spacial score (nSPS) is 13.9. The van der Waals surface area contributed by atoms with Crippen LogP contribution >= 0.6 is 11.9 Å². The summed E-state index contributed by atoms with van der Waals surface area (Å²) in [7, 11) is 1.57. The molecule has 1 aromatic carbocycles. The van der Waals surface area contributed by atoms with Gasteiger partial charge in [-0.05, 0) is 61.7 Å². The minimum atomic E-state index is -1.10. The number of rotatable bonds is 11. The molecule has 1 amide bonds. The minimum absolute atomic E-state index is 0.0182. The molecule has 1 aliphatic heterocycles. The van der Waals surface area contributed by atoms with E-state index in [-0.39, 0.29) is 34.8 Å². The van der Waals surface area contributed by atoms with E-state index < -0.39 is 11.9 Å². The molecule has 1 fully saturated rings. The number of nitrogens with zero attached hydrogens (tertiary/aromatic N) is 3. The summed E-state index contributed by atoms with van der Waals surface area (Å²) >= 11 is 1.71. The molecule has 3 aromatic rings. The first-order chi connectivity index (χ1) is 17.4. The molecule has 36 heavy (non-hydrogen) atoms. The molecule has 2 aromatic heterocycles. The number of amides is 1. The summed E-state index contributed by atoms with van der Waals surface area (Å²) in [5.74, 6) is -0.440. The average molecular weight is 511 g/mol. The third kappa shape index (κ3) is 6.94. The van der Waals surface area contributed by atoms with Crippen LogP contribution in [0.1, 0.15) is 34.1 Å². The first-order valence-electron chi connectivity index (χ1n) is 11.3. The van der Waals surface area contributed by atoms with Gasteiger partial charge in [-0.25, -0.2) is 14.1 Å². The first-order valence-corrected chi connectivity index (χ1v) is 12.1. The fourth-order valence-electron chi connectivity index (χ4n) is 3.20. The molecule has 1 saturated heterocycles. The Morgan fingerprint density at radius 2 is 1.86 bits per heavy atom. The maximum atomic E-state index is 12.9. The summed E-state index contributed by atoms with van der Waals surface area (Å²) in [4.78, 5) is 33.4. The molecule has 1 atom stereocenters. The Kier molecular flexibility index (Phi) is 8.36. The van der Waals surface area contributed by atoms with Crippen molar-refractivity contribution >= 4 is 29.6 Å². The van der Waals surface area contributed by atoms with Crippen molar-refractivity contribution in [2.24, 2.45) is 0 Å². The number of nitrogens with one attached hydrogen (secondary N) is 1. The van der Waals surface area contributed by atoms with Gasteiger partial charge in [0.25, 0.3) is 5.91 Å². The van der Waals surface area contributed by atoms with E-state index in [2.05, 4.69) is 19.6 Å². The van der Waals surface area contributed by atoms with Gasteiger partial charge in [-0.1, -0.05) is 0 Å². The van der Waals surface area contributed by atoms with Crippen LogP contribution in [0.2, 0.25) is 0 Å². The summed E-state index contributed by atoms with van der Waals surface area (Å²) in [5, 5.41) is 11.7. The number of aromatic carboxylic acids is 1. The lowest BCUT2D eigenvalue weighted by Gasteiger charge is -2.29. The Morgan fingerprint density at radius 1 is 1.11 bits per heavy atom. The van der Waals surface area contributed by atoms with Crippen molar-refractivity contribution in [3.05, 3.63) is 65.9 Å². The molecule has 10 nitrogen and oxygen atoms in total. The van der Waals surface area contributed by atoms with Gasteiger partial charge < -0.3 is 24.6 Å². The standard InChI is InChI=1S/C25H26N4O6S/c1-16(15-33-2)34-22-12-18(24(30)27-21-9-4-17(14-26-21)25(31)32)13-23(28-22)35-19-5-7-20(8-6-19)36-29-10-3-11-29/h4-9,12-14,16H,3,10-11,15H2,1-2H3,(H,31,32)(H,26,27,30)/t16-/m1/s1. The lowest BCUT2D eigenvalue weighted by molar-refractivity contribution is 0.0696. The number of carbonyl (C=O) groups is 2. The van der Waals surface area contributed by atoms with Gasteiger partial charge in [-0.15, -0.1) is 0 Å².